The summed E-state index contributed by atoms with van der Waals surface area (Å²) < 4.78 is 0. The first kappa shape index (κ1) is 18.1. The van der Waals surface area contributed by atoms with Crippen LogP contribution in [0.3, 0.4) is 0 Å². The SMILES string of the molecule is C=CCNC(=O)c1ccccc1NC(=O)/C=C/c1cccc2ccccc12. The zero-order valence-corrected chi connectivity index (χ0v) is 14.8. The first-order chi connectivity index (χ1) is 13.2. The van der Waals surface area contributed by atoms with E-state index in [9.17, 15) is 9.59 Å². The smallest absolute Gasteiger partial charge is 0.253 e. The fourth-order valence-corrected chi connectivity index (χ4v) is 2.79. The van der Waals surface area contributed by atoms with E-state index in [1.54, 1.807) is 36.4 Å². The number of fused-ring (bicyclic) bond motifs is 1. The average Bonchev–Trinajstić information content (AvgIpc) is 2.71. The lowest BCUT2D eigenvalue weighted by Gasteiger charge is -2.09. The quantitative estimate of drug-likeness (QED) is 0.508. The highest BCUT2D eigenvalue weighted by atomic mass is 16.2. The van der Waals surface area contributed by atoms with Gasteiger partial charge in [-0.25, -0.2) is 0 Å². The monoisotopic (exact) mass is 356 g/mol. The molecule has 0 saturated carbocycles. The molecule has 3 rings (SSSR count). The standard InChI is InChI=1S/C23H20N2O2/c1-2-16-24-23(27)20-12-5-6-13-21(20)25-22(26)15-14-18-10-7-9-17-8-3-4-11-19(17)18/h2-15H,1,16H2,(H,24,27)(H,25,26)/b15-14+. The Morgan fingerprint density at radius 1 is 0.926 bits per heavy atom. The van der Waals surface area contributed by atoms with Gasteiger partial charge in [0.25, 0.3) is 5.91 Å². The summed E-state index contributed by atoms with van der Waals surface area (Å²) in [6.07, 6.45) is 4.85. The second-order valence-electron chi connectivity index (χ2n) is 5.94. The van der Waals surface area contributed by atoms with Gasteiger partial charge in [0.2, 0.25) is 5.91 Å². The van der Waals surface area contributed by atoms with E-state index < -0.39 is 0 Å². The summed E-state index contributed by atoms with van der Waals surface area (Å²) in [5.41, 5.74) is 1.83. The molecule has 0 bridgehead atoms. The molecule has 0 saturated heterocycles. The lowest BCUT2D eigenvalue weighted by molar-refractivity contribution is -0.111. The maximum Gasteiger partial charge on any atom is 0.253 e. The number of hydrogen-bond acceptors (Lipinski definition) is 2. The van der Waals surface area contributed by atoms with Crippen LogP contribution in [0.5, 0.6) is 0 Å². The van der Waals surface area contributed by atoms with Crippen LogP contribution in [-0.2, 0) is 4.79 Å². The fourth-order valence-electron chi connectivity index (χ4n) is 2.79. The van der Waals surface area contributed by atoms with Crippen molar-refractivity contribution in [1.29, 1.82) is 0 Å². The van der Waals surface area contributed by atoms with Gasteiger partial charge in [0.05, 0.1) is 11.3 Å². The van der Waals surface area contributed by atoms with E-state index >= 15 is 0 Å². The van der Waals surface area contributed by atoms with Gasteiger partial charge in [0, 0.05) is 12.6 Å². The van der Waals surface area contributed by atoms with Crippen molar-refractivity contribution in [2.24, 2.45) is 0 Å². The molecule has 4 nitrogen and oxygen atoms in total. The van der Waals surface area contributed by atoms with E-state index in [2.05, 4.69) is 17.2 Å². The first-order valence-corrected chi connectivity index (χ1v) is 8.64. The van der Waals surface area contributed by atoms with E-state index in [4.69, 9.17) is 0 Å². The van der Waals surface area contributed by atoms with Crippen LogP contribution in [0.15, 0.2) is 85.5 Å². The van der Waals surface area contributed by atoms with Crippen molar-refractivity contribution >= 4 is 34.4 Å². The maximum atomic E-state index is 12.4. The number of rotatable bonds is 6. The Kier molecular flexibility index (Phi) is 5.80. The second kappa shape index (κ2) is 8.63. The van der Waals surface area contributed by atoms with Crippen LogP contribution in [0.4, 0.5) is 5.69 Å². The van der Waals surface area contributed by atoms with Crippen LogP contribution in [0.1, 0.15) is 15.9 Å². The van der Waals surface area contributed by atoms with Crippen LogP contribution >= 0.6 is 0 Å². The number of para-hydroxylation sites is 1. The van der Waals surface area contributed by atoms with Crippen molar-refractivity contribution in [3.8, 4) is 0 Å². The van der Waals surface area contributed by atoms with E-state index in [-0.39, 0.29) is 11.8 Å². The maximum absolute atomic E-state index is 12.4. The van der Waals surface area contributed by atoms with Crippen LogP contribution in [0.2, 0.25) is 0 Å². The predicted molar refractivity (Wildman–Crippen MR) is 111 cm³/mol. The third kappa shape index (κ3) is 4.50. The number of carbonyl (C=O) groups excluding carboxylic acids is 2. The largest absolute Gasteiger partial charge is 0.349 e. The van der Waals surface area contributed by atoms with Crippen LogP contribution in [0, 0.1) is 0 Å². The van der Waals surface area contributed by atoms with Crippen molar-refractivity contribution in [2.75, 3.05) is 11.9 Å². The summed E-state index contributed by atoms with van der Waals surface area (Å²) >= 11 is 0. The molecule has 0 fully saturated rings. The molecule has 0 radical (unpaired) electrons. The summed E-state index contributed by atoms with van der Waals surface area (Å²) in [5, 5.41) is 7.68. The number of hydrogen-bond donors (Lipinski definition) is 2. The van der Waals surface area contributed by atoms with Gasteiger partial charge in [-0.1, -0.05) is 60.7 Å². The molecule has 27 heavy (non-hydrogen) atoms. The zero-order chi connectivity index (χ0) is 19.1. The molecule has 0 aliphatic heterocycles. The van der Waals surface area contributed by atoms with Crippen molar-refractivity contribution in [3.63, 3.8) is 0 Å². The normalized spacial score (nSPS) is 10.7. The Labute approximate surface area is 158 Å². The van der Waals surface area contributed by atoms with E-state index in [1.165, 1.54) is 6.08 Å². The molecule has 0 heterocycles. The van der Waals surface area contributed by atoms with Crippen LogP contribution < -0.4 is 10.6 Å². The molecule has 134 valence electrons. The van der Waals surface area contributed by atoms with Crippen LogP contribution in [0.25, 0.3) is 16.8 Å². The minimum atomic E-state index is -0.299. The Hall–Kier alpha value is -3.66. The van der Waals surface area contributed by atoms with Gasteiger partial charge in [0.15, 0.2) is 0 Å². The molecule has 3 aromatic carbocycles. The highest BCUT2D eigenvalue weighted by Crippen LogP contribution is 2.20. The molecular weight excluding hydrogens is 336 g/mol. The first-order valence-electron chi connectivity index (χ1n) is 8.64. The number of anilines is 1. The highest BCUT2D eigenvalue weighted by Gasteiger charge is 2.11. The molecular formula is C23H20N2O2. The Morgan fingerprint density at radius 3 is 2.52 bits per heavy atom. The third-order valence-corrected chi connectivity index (χ3v) is 4.07. The van der Waals surface area contributed by atoms with Crippen molar-refractivity contribution < 1.29 is 9.59 Å². The second-order valence-corrected chi connectivity index (χ2v) is 5.94. The summed E-state index contributed by atoms with van der Waals surface area (Å²) in [6.45, 7) is 3.94. The third-order valence-electron chi connectivity index (χ3n) is 4.07. The van der Waals surface area contributed by atoms with Gasteiger partial charge in [0.1, 0.15) is 0 Å². The summed E-state index contributed by atoms with van der Waals surface area (Å²) in [4.78, 5) is 24.6. The van der Waals surface area contributed by atoms with Gasteiger partial charge in [-0.15, -0.1) is 6.58 Å². The average molecular weight is 356 g/mol. The van der Waals surface area contributed by atoms with Gasteiger partial charge in [-0.2, -0.15) is 0 Å². The molecule has 3 aromatic rings. The number of benzene rings is 3. The molecule has 4 heteroatoms. The van der Waals surface area contributed by atoms with Gasteiger partial charge >= 0.3 is 0 Å². The highest BCUT2D eigenvalue weighted by molar-refractivity contribution is 6.08. The van der Waals surface area contributed by atoms with Crippen molar-refractivity contribution in [3.05, 3.63) is 96.6 Å². The lowest BCUT2D eigenvalue weighted by atomic mass is 10.0. The van der Waals surface area contributed by atoms with E-state index in [0.717, 1.165) is 16.3 Å². The minimum absolute atomic E-state index is 0.260. The molecule has 2 N–H and O–H groups in total. The predicted octanol–water partition coefficient (Wildman–Crippen LogP) is 4.41. The summed E-state index contributed by atoms with van der Waals surface area (Å²) in [5.74, 6) is -0.560. The Morgan fingerprint density at radius 2 is 1.67 bits per heavy atom. The van der Waals surface area contributed by atoms with Crippen LogP contribution in [-0.4, -0.2) is 18.4 Å². The summed E-state index contributed by atoms with van der Waals surface area (Å²) in [7, 11) is 0. The topological polar surface area (TPSA) is 58.2 Å². The van der Waals surface area contributed by atoms with Crippen molar-refractivity contribution in [1.82, 2.24) is 5.32 Å². The Bertz CT molecular complexity index is 1020. The number of carbonyl (C=O) groups is 2. The van der Waals surface area contributed by atoms with Crippen molar-refractivity contribution in [2.45, 2.75) is 0 Å². The number of amides is 2. The van der Waals surface area contributed by atoms with Gasteiger partial charge < -0.3 is 10.6 Å². The molecule has 0 unspecified atom stereocenters. The number of nitrogens with one attached hydrogen (secondary N) is 2. The zero-order valence-electron chi connectivity index (χ0n) is 14.8. The molecule has 2 amide bonds. The lowest BCUT2D eigenvalue weighted by Crippen LogP contribution is -2.24. The molecule has 0 spiro atoms. The molecule has 0 aliphatic carbocycles. The molecule has 0 aromatic heterocycles. The minimum Gasteiger partial charge on any atom is -0.349 e. The van der Waals surface area contributed by atoms with Gasteiger partial charge in [-0.05, 0) is 34.5 Å². The fraction of sp³-hybridized carbons (Fsp3) is 0.0435. The van der Waals surface area contributed by atoms with E-state index in [1.807, 2.05) is 42.5 Å². The van der Waals surface area contributed by atoms with Gasteiger partial charge in [-0.3, -0.25) is 9.59 Å². The van der Waals surface area contributed by atoms with E-state index in [0.29, 0.717) is 17.8 Å². The summed E-state index contributed by atoms with van der Waals surface area (Å²) in [6, 6.07) is 20.9. The molecule has 0 atom stereocenters. The molecule has 0 aliphatic rings. The Balaban J connectivity index is 1.77.